The highest BCUT2D eigenvalue weighted by Gasteiger charge is 2.42. The molecule has 0 heterocycles. The Kier molecular flexibility index (Phi) is 10.1. The quantitative estimate of drug-likeness (QED) is 0.494. The van der Waals surface area contributed by atoms with Crippen LogP contribution in [0.25, 0.3) is 0 Å². The van der Waals surface area contributed by atoms with Gasteiger partial charge in [0.2, 0.25) is 11.8 Å². The number of aryl methyl sites for hydroxylation is 1. The number of thioether (sulfide) groups is 1. The van der Waals surface area contributed by atoms with E-state index >= 15 is 0 Å². The first-order valence-corrected chi connectivity index (χ1v) is 13.8. The number of nitrogens with zero attached hydrogens (tertiary/aromatic N) is 1. The molecule has 0 saturated heterocycles. The highest BCUT2D eigenvalue weighted by Crippen LogP contribution is 2.34. The van der Waals surface area contributed by atoms with Crippen LogP contribution >= 0.6 is 11.8 Å². The zero-order chi connectivity index (χ0) is 26.4. The van der Waals surface area contributed by atoms with E-state index < -0.39 is 29.3 Å². The lowest BCUT2D eigenvalue weighted by molar-refractivity contribution is -0.148. The molecule has 8 heteroatoms. The SMILES string of the molecule is CSCCC(NC(=O)OC(C)(C)C)C(=O)N(C1CCC1)C(C(=O)NC(C)(C)C)c1ccc(C)cc1. The van der Waals surface area contributed by atoms with Crippen LogP contribution in [0.2, 0.25) is 0 Å². The fourth-order valence-electron chi connectivity index (χ4n) is 3.93. The van der Waals surface area contributed by atoms with Crippen LogP contribution in [0.1, 0.15) is 84.4 Å². The minimum atomic E-state index is -0.787. The Balaban J connectivity index is 2.47. The Hall–Kier alpha value is -2.22. The molecule has 0 bridgehead atoms. The Labute approximate surface area is 215 Å². The van der Waals surface area contributed by atoms with Crippen LogP contribution in [0.5, 0.6) is 0 Å². The van der Waals surface area contributed by atoms with E-state index in [0.29, 0.717) is 12.2 Å². The first-order chi connectivity index (χ1) is 16.2. The molecule has 196 valence electrons. The van der Waals surface area contributed by atoms with Gasteiger partial charge in [0.25, 0.3) is 0 Å². The first-order valence-electron chi connectivity index (χ1n) is 12.4. The summed E-state index contributed by atoms with van der Waals surface area (Å²) in [6.07, 6.45) is 4.45. The van der Waals surface area contributed by atoms with Gasteiger partial charge < -0.3 is 20.3 Å². The van der Waals surface area contributed by atoms with Crippen LogP contribution in [-0.4, -0.2) is 58.0 Å². The van der Waals surface area contributed by atoms with Gasteiger partial charge in [-0.2, -0.15) is 11.8 Å². The summed E-state index contributed by atoms with van der Waals surface area (Å²) in [5, 5.41) is 5.87. The largest absolute Gasteiger partial charge is 0.444 e. The van der Waals surface area contributed by atoms with E-state index in [0.717, 1.165) is 30.4 Å². The molecule has 1 aliphatic rings. The maximum atomic E-state index is 14.1. The summed E-state index contributed by atoms with van der Waals surface area (Å²) in [5.41, 5.74) is 0.705. The molecular weight excluding hydrogens is 462 g/mol. The summed E-state index contributed by atoms with van der Waals surface area (Å²) >= 11 is 1.61. The summed E-state index contributed by atoms with van der Waals surface area (Å²) in [5.74, 6) is 0.223. The number of carbonyl (C=O) groups excluding carboxylic acids is 3. The number of hydrogen-bond acceptors (Lipinski definition) is 5. The standard InChI is InChI=1S/C27H43N3O4S/c1-18-12-14-19(15-13-18)22(23(31)29-26(2,3)4)30(20-10-9-11-20)24(32)21(16-17-35-8)28-25(33)34-27(5,6)7/h12-15,20-22H,9-11,16-17H2,1-8H3,(H,28,33)(H,29,31). The van der Waals surface area contributed by atoms with Crippen molar-refractivity contribution < 1.29 is 19.1 Å². The zero-order valence-electron chi connectivity index (χ0n) is 22.6. The van der Waals surface area contributed by atoms with E-state index in [1.54, 1.807) is 37.4 Å². The molecule has 35 heavy (non-hydrogen) atoms. The predicted molar refractivity (Wildman–Crippen MR) is 142 cm³/mol. The summed E-state index contributed by atoms with van der Waals surface area (Å²) in [4.78, 5) is 42.1. The molecular formula is C27H43N3O4S. The third-order valence-corrected chi connectivity index (χ3v) is 6.38. The van der Waals surface area contributed by atoms with Gasteiger partial charge in [-0.15, -0.1) is 0 Å². The first kappa shape index (κ1) is 29.0. The van der Waals surface area contributed by atoms with Crippen LogP contribution < -0.4 is 10.6 Å². The molecule has 2 unspecified atom stereocenters. The molecule has 7 nitrogen and oxygen atoms in total. The third-order valence-electron chi connectivity index (χ3n) is 5.74. The number of rotatable bonds is 9. The van der Waals surface area contributed by atoms with Crippen molar-refractivity contribution in [2.45, 2.75) is 103 Å². The van der Waals surface area contributed by atoms with Crippen molar-refractivity contribution in [2.75, 3.05) is 12.0 Å². The van der Waals surface area contributed by atoms with Gasteiger partial charge in [-0.1, -0.05) is 29.8 Å². The highest BCUT2D eigenvalue weighted by molar-refractivity contribution is 7.98. The van der Waals surface area contributed by atoms with Gasteiger partial charge in [-0.05, 0) is 91.7 Å². The van der Waals surface area contributed by atoms with E-state index in [9.17, 15) is 14.4 Å². The van der Waals surface area contributed by atoms with Gasteiger partial charge in [0.15, 0.2) is 0 Å². The Morgan fingerprint density at radius 1 is 1.09 bits per heavy atom. The summed E-state index contributed by atoms with van der Waals surface area (Å²) in [7, 11) is 0. The number of ether oxygens (including phenoxy) is 1. The molecule has 1 aromatic carbocycles. The van der Waals surface area contributed by atoms with E-state index in [1.165, 1.54) is 0 Å². The minimum absolute atomic E-state index is 0.0586. The minimum Gasteiger partial charge on any atom is -0.444 e. The number of hydrogen-bond donors (Lipinski definition) is 2. The van der Waals surface area contributed by atoms with Crippen molar-refractivity contribution in [3.63, 3.8) is 0 Å². The monoisotopic (exact) mass is 505 g/mol. The molecule has 1 aliphatic carbocycles. The fraction of sp³-hybridized carbons (Fsp3) is 0.667. The third kappa shape index (κ3) is 9.06. The average molecular weight is 506 g/mol. The molecule has 3 amide bonds. The summed E-state index contributed by atoms with van der Waals surface area (Å²) in [6.45, 7) is 13.1. The van der Waals surface area contributed by atoms with Crippen LogP contribution in [0.15, 0.2) is 24.3 Å². The Bertz CT molecular complexity index is 870. The molecule has 1 saturated carbocycles. The van der Waals surface area contributed by atoms with Gasteiger partial charge in [-0.3, -0.25) is 9.59 Å². The second-order valence-corrected chi connectivity index (χ2v) is 12.3. The zero-order valence-corrected chi connectivity index (χ0v) is 23.4. The maximum absolute atomic E-state index is 14.1. The predicted octanol–water partition coefficient (Wildman–Crippen LogP) is 4.98. The molecule has 2 rings (SSSR count). The van der Waals surface area contributed by atoms with Crippen molar-refractivity contribution in [2.24, 2.45) is 0 Å². The molecule has 0 radical (unpaired) electrons. The number of benzene rings is 1. The molecule has 0 spiro atoms. The summed E-state index contributed by atoms with van der Waals surface area (Å²) < 4.78 is 5.44. The lowest BCUT2D eigenvalue weighted by Gasteiger charge is -2.44. The lowest BCUT2D eigenvalue weighted by Crippen LogP contribution is -2.58. The number of nitrogens with one attached hydrogen (secondary N) is 2. The van der Waals surface area contributed by atoms with Gasteiger partial charge in [0, 0.05) is 11.6 Å². The van der Waals surface area contributed by atoms with E-state index in [1.807, 2.05) is 58.2 Å². The second kappa shape index (κ2) is 12.2. The van der Waals surface area contributed by atoms with Crippen LogP contribution in [-0.2, 0) is 14.3 Å². The van der Waals surface area contributed by atoms with Crippen LogP contribution in [0.4, 0.5) is 4.79 Å². The van der Waals surface area contributed by atoms with Crippen LogP contribution in [0.3, 0.4) is 0 Å². The Morgan fingerprint density at radius 3 is 2.14 bits per heavy atom. The van der Waals surface area contributed by atoms with Crippen molar-refractivity contribution in [1.82, 2.24) is 15.5 Å². The van der Waals surface area contributed by atoms with Crippen molar-refractivity contribution in [3.8, 4) is 0 Å². The fourth-order valence-corrected chi connectivity index (χ4v) is 4.40. The van der Waals surface area contributed by atoms with Crippen molar-refractivity contribution in [1.29, 1.82) is 0 Å². The van der Waals surface area contributed by atoms with E-state index in [-0.39, 0.29) is 17.9 Å². The average Bonchev–Trinajstić information content (AvgIpc) is 2.67. The molecule has 1 fully saturated rings. The smallest absolute Gasteiger partial charge is 0.408 e. The van der Waals surface area contributed by atoms with Gasteiger partial charge >= 0.3 is 6.09 Å². The highest BCUT2D eigenvalue weighted by atomic mass is 32.2. The van der Waals surface area contributed by atoms with Gasteiger partial charge in [-0.25, -0.2) is 4.79 Å². The van der Waals surface area contributed by atoms with Crippen molar-refractivity contribution >= 4 is 29.7 Å². The van der Waals surface area contributed by atoms with Gasteiger partial charge in [0.1, 0.15) is 17.7 Å². The molecule has 1 aromatic rings. The number of carbonyl (C=O) groups is 3. The van der Waals surface area contributed by atoms with E-state index in [4.69, 9.17) is 4.74 Å². The number of amides is 3. The lowest BCUT2D eigenvalue weighted by atomic mass is 9.87. The molecule has 2 N–H and O–H groups in total. The molecule has 2 atom stereocenters. The van der Waals surface area contributed by atoms with E-state index in [2.05, 4.69) is 10.6 Å². The van der Waals surface area contributed by atoms with Gasteiger partial charge in [0.05, 0.1) is 0 Å². The molecule has 0 aromatic heterocycles. The maximum Gasteiger partial charge on any atom is 0.408 e. The number of alkyl carbamates (subject to hydrolysis) is 1. The topological polar surface area (TPSA) is 87.7 Å². The molecule has 0 aliphatic heterocycles. The van der Waals surface area contributed by atoms with Crippen LogP contribution in [0, 0.1) is 6.92 Å². The normalized spacial score (nSPS) is 16.0. The van der Waals surface area contributed by atoms with Crippen molar-refractivity contribution in [3.05, 3.63) is 35.4 Å². The Morgan fingerprint density at radius 2 is 1.69 bits per heavy atom. The second-order valence-electron chi connectivity index (χ2n) is 11.4. The summed E-state index contributed by atoms with van der Waals surface area (Å²) in [6, 6.07) is 6.12.